The SMILES string of the molecule is CC1CCN(Cc2ccc(C(=O)Nc3ccc4c5c(cccc35)CC4)cc2)CC1. The third-order valence-electron chi connectivity index (χ3n) is 6.62. The summed E-state index contributed by atoms with van der Waals surface area (Å²) in [6.45, 7) is 5.67. The summed E-state index contributed by atoms with van der Waals surface area (Å²) in [7, 11) is 0. The number of benzene rings is 3. The number of aryl methyl sites for hydroxylation is 2. The van der Waals surface area contributed by atoms with Crippen LogP contribution >= 0.6 is 0 Å². The molecule has 29 heavy (non-hydrogen) atoms. The first-order chi connectivity index (χ1) is 14.2. The number of anilines is 1. The van der Waals surface area contributed by atoms with Crippen LogP contribution in [-0.4, -0.2) is 23.9 Å². The zero-order valence-corrected chi connectivity index (χ0v) is 17.1. The van der Waals surface area contributed by atoms with Crippen molar-refractivity contribution in [2.24, 2.45) is 5.92 Å². The second kappa shape index (κ2) is 7.64. The monoisotopic (exact) mass is 384 g/mol. The predicted octanol–water partition coefficient (Wildman–Crippen LogP) is 5.42. The van der Waals surface area contributed by atoms with E-state index in [-0.39, 0.29) is 5.91 Å². The normalized spacial score (nSPS) is 17.0. The van der Waals surface area contributed by atoms with E-state index in [1.165, 1.54) is 48.0 Å². The van der Waals surface area contributed by atoms with Crippen LogP contribution in [0.2, 0.25) is 0 Å². The van der Waals surface area contributed by atoms with Crippen molar-refractivity contribution in [1.29, 1.82) is 0 Å². The Bertz CT molecular complexity index is 1040. The van der Waals surface area contributed by atoms with E-state index in [2.05, 4.69) is 59.6 Å². The van der Waals surface area contributed by atoms with Gasteiger partial charge in [-0.2, -0.15) is 0 Å². The molecule has 3 aromatic rings. The van der Waals surface area contributed by atoms with Gasteiger partial charge >= 0.3 is 0 Å². The molecule has 2 aliphatic rings. The fraction of sp³-hybridized carbons (Fsp3) is 0.346. The molecule has 0 bridgehead atoms. The Hall–Kier alpha value is -2.65. The standard InChI is InChI=1S/C26H28N2O/c1-18-13-15-28(16-14-18)17-19-5-7-22(8-6-19)26(29)27-24-12-11-21-10-9-20-3-2-4-23(24)25(20)21/h2-8,11-12,18H,9-10,13-17H2,1H3,(H,27,29). The average Bonchev–Trinajstić information content (AvgIpc) is 3.17. The molecule has 3 aromatic carbocycles. The topological polar surface area (TPSA) is 32.3 Å². The minimum atomic E-state index is -0.0398. The third kappa shape index (κ3) is 3.67. The van der Waals surface area contributed by atoms with E-state index in [9.17, 15) is 4.79 Å². The van der Waals surface area contributed by atoms with Crippen LogP contribution in [0.3, 0.4) is 0 Å². The second-order valence-corrected chi connectivity index (χ2v) is 8.72. The van der Waals surface area contributed by atoms with Gasteiger partial charge in [0.1, 0.15) is 0 Å². The summed E-state index contributed by atoms with van der Waals surface area (Å²) in [6, 6.07) is 18.7. The first-order valence-electron chi connectivity index (χ1n) is 10.8. The molecule has 1 N–H and O–H groups in total. The molecule has 3 nitrogen and oxygen atoms in total. The number of carbonyl (C=O) groups excluding carboxylic acids is 1. The van der Waals surface area contributed by atoms with E-state index in [1.807, 2.05) is 12.1 Å². The maximum absolute atomic E-state index is 12.9. The van der Waals surface area contributed by atoms with Gasteiger partial charge in [0.25, 0.3) is 5.91 Å². The molecule has 1 fully saturated rings. The van der Waals surface area contributed by atoms with Crippen LogP contribution in [0.25, 0.3) is 10.8 Å². The molecule has 0 aromatic heterocycles. The van der Waals surface area contributed by atoms with Crippen LogP contribution in [0.1, 0.15) is 46.8 Å². The van der Waals surface area contributed by atoms with Crippen LogP contribution in [-0.2, 0) is 19.4 Å². The van der Waals surface area contributed by atoms with E-state index in [0.29, 0.717) is 5.56 Å². The van der Waals surface area contributed by atoms with Crippen molar-refractivity contribution in [3.63, 3.8) is 0 Å². The van der Waals surface area contributed by atoms with Crippen molar-refractivity contribution in [3.05, 3.63) is 76.9 Å². The average molecular weight is 385 g/mol. The van der Waals surface area contributed by atoms with Crippen molar-refractivity contribution in [1.82, 2.24) is 4.90 Å². The maximum atomic E-state index is 12.9. The summed E-state index contributed by atoms with van der Waals surface area (Å²) >= 11 is 0. The van der Waals surface area contributed by atoms with Crippen LogP contribution in [0, 0.1) is 5.92 Å². The molecule has 1 aliphatic carbocycles. The van der Waals surface area contributed by atoms with Crippen LogP contribution < -0.4 is 5.32 Å². The summed E-state index contributed by atoms with van der Waals surface area (Å²) in [5.74, 6) is 0.810. The largest absolute Gasteiger partial charge is 0.321 e. The minimum Gasteiger partial charge on any atom is -0.321 e. The minimum absolute atomic E-state index is 0.0398. The first kappa shape index (κ1) is 18.4. The lowest BCUT2D eigenvalue weighted by Crippen LogP contribution is -2.32. The molecule has 0 radical (unpaired) electrons. The lowest BCUT2D eigenvalue weighted by molar-refractivity contribution is 0.102. The van der Waals surface area contributed by atoms with Gasteiger partial charge in [-0.15, -0.1) is 0 Å². The number of nitrogens with one attached hydrogen (secondary N) is 1. The van der Waals surface area contributed by atoms with Gasteiger partial charge in [0.2, 0.25) is 0 Å². The number of piperidine rings is 1. The fourth-order valence-corrected chi connectivity index (χ4v) is 4.79. The number of carbonyl (C=O) groups is 1. The van der Waals surface area contributed by atoms with E-state index in [1.54, 1.807) is 0 Å². The Labute approximate surface area is 172 Å². The number of hydrogen-bond donors (Lipinski definition) is 1. The number of rotatable bonds is 4. The molecule has 1 amide bonds. The Morgan fingerprint density at radius 2 is 1.69 bits per heavy atom. The Kier molecular flexibility index (Phi) is 4.84. The van der Waals surface area contributed by atoms with Gasteiger partial charge < -0.3 is 5.32 Å². The smallest absolute Gasteiger partial charge is 0.255 e. The van der Waals surface area contributed by atoms with Gasteiger partial charge in [-0.1, -0.05) is 43.3 Å². The molecule has 0 saturated carbocycles. The van der Waals surface area contributed by atoms with Crippen LogP contribution in [0.15, 0.2) is 54.6 Å². The van der Waals surface area contributed by atoms with Crippen LogP contribution in [0.5, 0.6) is 0 Å². The maximum Gasteiger partial charge on any atom is 0.255 e. The Morgan fingerprint density at radius 1 is 0.966 bits per heavy atom. The number of nitrogens with zero attached hydrogens (tertiary/aromatic N) is 1. The highest BCUT2D eigenvalue weighted by atomic mass is 16.1. The second-order valence-electron chi connectivity index (χ2n) is 8.72. The summed E-state index contributed by atoms with van der Waals surface area (Å²) < 4.78 is 0. The highest BCUT2D eigenvalue weighted by Crippen LogP contribution is 2.35. The predicted molar refractivity (Wildman–Crippen MR) is 119 cm³/mol. The molecule has 0 unspecified atom stereocenters. The van der Waals surface area contributed by atoms with Crippen molar-refractivity contribution in [2.45, 2.75) is 39.2 Å². The van der Waals surface area contributed by atoms with E-state index in [4.69, 9.17) is 0 Å². The third-order valence-corrected chi connectivity index (χ3v) is 6.62. The van der Waals surface area contributed by atoms with Gasteiger partial charge in [-0.25, -0.2) is 0 Å². The Balaban J connectivity index is 1.30. The van der Waals surface area contributed by atoms with Crippen molar-refractivity contribution in [3.8, 4) is 0 Å². The molecule has 3 heteroatoms. The summed E-state index contributed by atoms with van der Waals surface area (Å²) in [4.78, 5) is 15.4. The quantitative estimate of drug-likeness (QED) is 0.651. The number of likely N-dealkylation sites (tertiary alicyclic amines) is 1. The molecule has 0 spiro atoms. The van der Waals surface area contributed by atoms with Gasteiger partial charge in [0.05, 0.1) is 0 Å². The lowest BCUT2D eigenvalue weighted by atomic mass is 9.99. The first-order valence-corrected chi connectivity index (χ1v) is 10.8. The van der Waals surface area contributed by atoms with Crippen molar-refractivity contribution < 1.29 is 4.79 Å². The summed E-state index contributed by atoms with van der Waals surface area (Å²) in [6.07, 6.45) is 4.77. The van der Waals surface area contributed by atoms with Crippen molar-refractivity contribution in [2.75, 3.05) is 18.4 Å². The highest BCUT2D eigenvalue weighted by molar-refractivity contribution is 6.10. The highest BCUT2D eigenvalue weighted by Gasteiger charge is 2.18. The zero-order valence-electron chi connectivity index (χ0n) is 17.1. The van der Waals surface area contributed by atoms with E-state index < -0.39 is 0 Å². The molecule has 148 valence electrons. The van der Waals surface area contributed by atoms with E-state index >= 15 is 0 Å². The van der Waals surface area contributed by atoms with E-state index in [0.717, 1.165) is 36.4 Å². The lowest BCUT2D eigenvalue weighted by Gasteiger charge is -2.30. The van der Waals surface area contributed by atoms with Crippen molar-refractivity contribution >= 4 is 22.4 Å². The molecule has 1 heterocycles. The van der Waals surface area contributed by atoms with Gasteiger partial charge in [0, 0.05) is 23.2 Å². The zero-order chi connectivity index (χ0) is 19.8. The summed E-state index contributed by atoms with van der Waals surface area (Å²) in [5.41, 5.74) is 5.69. The fourth-order valence-electron chi connectivity index (χ4n) is 4.79. The molecular formula is C26H28N2O. The van der Waals surface area contributed by atoms with Gasteiger partial charge in [-0.3, -0.25) is 9.69 Å². The number of amides is 1. The number of hydrogen-bond acceptors (Lipinski definition) is 2. The molecular weight excluding hydrogens is 356 g/mol. The molecule has 0 atom stereocenters. The molecule has 5 rings (SSSR count). The van der Waals surface area contributed by atoms with Gasteiger partial charge in [-0.05, 0) is 85.0 Å². The van der Waals surface area contributed by atoms with Gasteiger partial charge in [0.15, 0.2) is 0 Å². The molecule has 1 aliphatic heterocycles. The summed E-state index contributed by atoms with van der Waals surface area (Å²) in [5, 5.41) is 5.62. The van der Waals surface area contributed by atoms with Crippen LogP contribution in [0.4, 0.5) is 5.69 Å². The molecule has 1 saturated heterocycles. The Morgan fingerprint density at radius 3 is 2.45 bits per heavy atom.